The van der Waals surface area contributed by atoms with E-state index in [1.54, 1.807) is 49.7 Å². The molecular weight excluding hydrogens is 314 g/mol. The van der Waals surface area contributed by atoms with Crippen LogP contribution in [0.1, 0.15) is 20.0 Å². The highest BCUT2D eigenvalue weighted by atomic mass is 32.1. The molecule has 0 atom stereocenters. The van der Waals surface area contributed by atoms with Crippen LogP contribution in [-0.4, -0.2) is 23.8 Å². The van der Waals surface area contributed by atoms with Gasteiger partial charge in [0.2, 0.25) is 5.91 Å². The Kier molecular flexibility index (Phi) is 3.94. The molecular formula is C16H13N3O3S. The molecule has 0 bridgehead atoms. The maximum absolute atomic E-state index is 12.5. The van der Waals surface area contributed by atoms with Crippen molar-refractivity contribution in [3.05, 3.63) is 59.3 Å². The number of carbonyl (C=O) groups is 2. The van der Waals surface area contributed by atoms with E-state index in [-0.39, 0.29) is 5.91 Å². The second kappa shape index (κ2) is 6.05. The van der Waals surface area contributed by atoms with E-state index in [1.807, 2.05) is 0 Å². The molecule has 2 N–H and O–H groups in total. The number of furan rings is 1. The minimum absolute atomic E-state index is 0.188. The van der Waals surface area contributed by atoms with Crippen molar-refractivity contribution >= 4 is 28.8 Å². The largest absolute Gasteiger partial charge is 0.462 e. The maximum atomic E-state index is 12.5. The van der Waals surface area contributed by atoms with Gasteiger partial charge in [0.15, 0.2) is 10.8 Å². The van der Waals surface area contributed by atoms with Crippen molar-refractivity contribution in [2.75, 3.05) is 11.9 Å². The summed E-state index contributed by atoms with van der Waals surface area (Å²) in [6, 6.07) is 10.1. The molecule has 116 valence electrons. The van der Waals surface area contributed by atoms with Gasteiger partial charge in [0.05, 0.1) is 12.5 Å². The Balaban J connectivity index is 1.81. The van der Waals surface area contributed by atoms with Crippen molar-refractivity contribution in [1.29, 1.82) is 0 Å². The molecule has 6 nitrogen and oxygen atoms in total. The summed E-state index contributed by atoms with van der Waals surface area (Å²) in [4.78, 5) is 29.8. The summed E-state index contributed by atoms with van der Waals surface area (Å²) in [5, 5.41) is 0.649. The second-order valence-corrected chi connectivity index (χ2v) is 5.81. The Hall–Kier alpha value is -2.93. The molecule has 2 amide bonds. The van der Waals surface area contributed by atoms with Gasteiger partial charge in [-0.25, -0.2) is 4.98 Å². The SMILES string of the molecule is CN(C(=O)c1cnc(-c2ccco2)s1)c1ccc(C(N)=O)cc1. The van der Waals surface area contributed by atoms with Crippen molar-refractivity contribution in [1.82, 2.24) is 4.98 Å². The van der Waals surface area contributed by atoms with E-state index in [4.69, 9.17) is 10.2 Å². The highest BCUT2D eigenvalue weighted by Gasteiger charge is 2.18. The van der Waals surface area contributed by atoms with Crippen LogP contribution in [0, 0.1) is 0 Å². The van der Waals surface area contributed by atoms with Crippen molar-refractivity contribution in [3.63, 3.8) is 0 Å². The van der Waals surface area contributed by atoms with Gasteiger partial charge in [0, 0.05) is 18.3 Å². The molecule has 0 fully saturated rings. The highest BCUT2D eigenvalue weighted by Crippen LogP contribution is 2.27. The Labute approximate surface area is 136 Å². The number of primary amides is 1. The fourth-order valence-corrected chi connectivity index (χ4v) is 2.88. The molecule has 7 heteroatoms. The average molecular weight is 327 g/mol. The molecule has 2 aromatic heterocycles. The Morgan fingerprint density at radius 1 is 1.22 bits per heavy atom. The molecule has 0 radical (unpaired) electrons. The third kappa shape index (κ3) is 3.00. The molecule has 2 heterocycles. The lowest BCUT2D eigenvalue weighted by Gasteiger charge is -2.16. The summed E-state index contributed by atoms with van der Waals surface area (Å²) >= 11 is 1.26. The average Bonchev–Trinajstić information content (AvgIpc) is 3.24. The van der Waals surface area contributed by atoms with Crippen LogP contribution in [0.25, 0.3) is 10.8 Å². The van der Waals surface area contributed by atoms with E-state index in [0.29, 0.717) is 26.9 Å². The summed E-state index contributed by atoms with van der Waals surface area (Å²) in [6.45, 7) is 0. The van der Waals surface area contributed by atoms with Gasteiger partial charge in [-0.1, -0.05) is 0 Å². The zero-order valence-corrected chi connectivity index (χ0v) is 13.0. The molecule has 0 saturated carbocycles. The van der Waals surface area contributed by atoms with Gasteiger partial charge in [-0.3, -0.25) is 9.59 Å². The number of benzene rings is 1. The molecule has 3 aromatic rings. The topological polar surface area (TPSA) is 89.4 Å². The molecule has 0 saturated heterocycles. The zero-order valence-electron chi connectivity index (χ0n) is 12.2. The predicted molar refractivity (Wildman–Crippen MR) is 87.5 cm³/mol. The van der Waals surface area contributed by atoms with E-state index >= 15 is 0 Å². The number of rotatable bonds is 4. The number of nitrogens with two attached hydrogens (primary N) is 1. The first-order valence-electron chi connectivity index (χ1n) is 6.74. The van der Waals surface area contributed by atoms with Crippen LogP contribution in [0.3, 0.4) is 0 Å². The van der Waals surface area contributed by atoms with Gasteiger partial charge in [-0.05, 0) is 36.4 Å². The van der Waals surface area contributed by atoms with Crippen LogP contribution in [0.4, 0.5) is 5.69 Å². The standard InChI is InChI=1S/C16H13N3O3S/c1-19(11-6-4-10(5-7-11)14(17)20)16(21)13-9-18-15(23-13)12-3-2-8-22-12/h2-9H,1H3,(H2,17,20). The first-order chi connectivity index (χ1) is 11.1. The number of nitrogens with zero attached hydrogens (tertiary/aromatic N) is 2. The molecule has 0 spiro atoms. The molecule has 0 aliphatic carbocycles. The van der Waals surface area contributed by atoms with Gasteiger partial charge in [0.25, 0.3) is 5.91 Å². The van der Waals surface area contributed by atoms with Crippen molar-refractivity contribution in [2.24, 2.45) is 5.73 Å². The van der Waals surface area contributed by atoms with E-state index in [2.05, 4.69) is 4.98 Å². The van der Waals surface area contributed by atoms with Crippen LogP contribution in [-0.2, 0) is 0 Å². The number of aromatic nitrogens is 1. The third-order valence-electron chi connectivity index (χ3n) is 3.29. The third-order valence-corrected chi connectivity index (χ3v) is 4.29. The molecule has 1 aromatic carbocycles. The number of hydrogen-bond acceptors (Lipinski definition) is 5. The van der Waals surface area contributed by atoms with Gasteiger partial charge >= 0.3 is 0 Å². The van der Waals surface area contributed by atoms with Crippen molar-refractivity contribution in [2.45, 2.75) is 0 Å². The summed E-state index contributed by atoms with van der Waals surface area (Å²) in [5.74, 6) is -0.0641. The monoisotopic (exact) mass is 327 g/mol. The Bertz CT molecular complexity index is 838. The molecule has 0 aliphatic heterocycles. The van der Waals surface area contributed by atoms with E-state index < -0.39 is 5.91 Å². The van der Waals surface area contributed by atoms with E-state index in [9.17, 15) is 9.59 Å². The van der Waals surface area contributed by atoms with Crippen molar-refractivity contribution in [3.8, 4) is 10.8 Å². The quantitative estimate of drug-likeness (QED) is 0.798. The summed E-state index contributed by atoms with van der Waals surface area (Å²) < 4.78 is 5.27. The number of anilines is 1. The molecule has 0 aliphatic rings. The second-order valence-electron chi connectivity index (χ2n) is 4.78. The predicted octanol–water partition coefficient (Wildman–Crippen LogP) is 2.78. The number of amides is 2. The first kappa shape index (κ1) is 15.0. The molecule has 23 heavy (non-hydrogen) atoms. The fourth-order valence-electron chi connectivity index (χ4n) is 2.02. The van der Waals surface area contributed by atoms with Gasteiger partial charge in [-0.2, -0.15) is 0 Å². The van der Waals surface area contributed by atoms with Gasteiger partial charge in [0.1, 0.15) is 4.88 Å². The lowest BCUT2D eigenvalue weighted by molar-refractivity contribution is 0.0991. The Morgan fingerprint density at radius 2 is 1.96 bits per heavy atom. The van der Waals surface area contributed by atoms with Gasteiger partial charge in [-0.15, -0.1) is 11.3 Å². The van der Waals surface area contributed by atoms with E-state index in [1.165, 1.54) is 22.4 Å². The van der Waals surface area contributed by atoms with Crippen molar-refractivity contribution < 1.29 is 14.0 Å². The summed E-state index contributed by atoms with van der Waals surface area (Å²) in [7, 11) is 1.66. The highest BCUT2D eigenvalue weighted by molar-refractivity contribution is 7.17. The van der Waals surface area contributed by atoms with Crippen LogP contribution in [0.15, 0.2) is 53.3 Å². The van der Waals surface area contributed by atoms with Crippen LogP contribution in [0.5, 0.6) is 0 Å². The number of carbonyl (C=O) groups excluding carboxylic acids is 2. The first-order valence-corrected chi connectivity index (χ1v) is 7.55. The normalized spacial score (nSPS) is 10.5. The maximum Gasteiger partial charge on any atom is 0.269 e. The molecule has 3 rings (SSSR count). The zero-order chi connectivity index (χ0) is 16.4. The summed E-state index contributed by atoms with van der Waals surface area (Å²) in [6.07, 6.45) is 3.09. The molecule has 0 unspecified atom stereocenters. The van der Waals surface area contributed by atoms with Crippen LogP contribution >= 0.6 is 11.3 Å². The van der Waals surface area contributed by atoms with E-state index in [0.717, 1.165) is 0 Å². The Morgan fingerprint density at radius 3 is 2.57 bits per heavy atom. The number of thiazole rings is 1. The lowest BCUT2D eigenvalue weighted by Crippen LogP contribution is -2.25. The van der Waals surface area contributed by atoms with Crippen LogP contribution < -0.4 is 10.6 Å². The minimum Gasteiger partial charge on any atom is -0.462 e. The smallest absolute Gasteiger partial charge is 0.269 e. The van der Waals surface area contributed by atoms with Crippen LogP contribution in [0.2, 0.25) is 0 Å². The fraction of sp³-hybridized carbons (Fsp3) is 0.0625. The summed E-state index contributed by atoms with van der Waals surface area (Å²) in [5.41, 5.74) is 6.26. The van der Waals surface area contributed by atoms with Gasteiger partial charge < -0.3 is 15.1 Å². The lowest BCUT2D eigenvalue weighted by atomic mass is 10.2. The minimum atomic E-state index is -0.504. The number of hydrogen-bond donors (Lipinski definition) is 1.